The Morgan fingerprint density at radius 3 is 2.33 bits per heavy atom. The molecule has 5 N–H and O–H groups in total. The van der Waals surface area contributed by atoms with E-state index in [1.54, 1.807) is 6.21 Å². The summed E-state index contributed by atoms with van der Waals surface area (Å²) in [4.78, 5) is 8.46. The first kappa shape index (κ1) is 13.2. The van der Waals surface area contributed by atoms with E-state index in [1.165, 1.54) is 0 Å². The Morgan fingerprint density at radius 2 is 1.67 bits per heavy atom. The third-order valence-electron chi connectivity index (χ3n) is 3.49. The van der Waals surface area contributed by atoms with Gasteiger partial charge in [0, 0.05) is 23.2 Å². The van der Waals surface area contributed by atoms with E-state index in [2.05, 4.69) is 15.3 Å². The van der Waals surface area contributed by atoms with Crippen molar-refractivity contribution in [3.05, 3.63) is 60.2 Å². The lowest BCUT2D eigenvalue weighted by Crippen LogP contribution is -2.44. The van der Waals surface area contributed by atoms with Gasteiger partial charge in [-0.25, -0.2) is 9.98 Å². The third-order valence-corrected chi connectivity index (χ3v) is 3.49. The second-order valence-corrected chi connectivity index (χ2v) is 4.98. The van der Waals surface area contributed by atoms with Gasteiger partial charge in [-0.05, 0) is 18.2 Å². The molecule has 1 aliphatic rings. The number of nitrogens with one attached hydrogen (secondary N) is 1. The Bertz CT molecular complexity index is 693. The highest BCUT2D eigenvalue weighted by atomic mass is 15.1. The lowest BCUT2D eigenvalue weighted by molar-refractivity contribution is 0.675. The van der Waals surface area contributed by atoms with Gasteiger partial charge < -0.3 is 16.8 Å². The molecule has 0 saturated carbocycles. The monoisotopic (exact) mass is 279 g/mol. The largest absolute Gasteiger partial charge is 0.398 e. The number of hydrogen-bond donors (Lipinski definition) is 3. The van der Waals surface area contributed by atoms with Crippen molar-refractivity contribution in [1.29, 1.82) is 0 Å². The molecule has 0 spiro atoms. The zero-order chi connectivity index (χ0) is 14.7. The molecule has 3 rings (SSSR count). The number of nitrogens with two attached hydrogens (primary N) is 2. The molecule has 0 aromatic heterocycles. The first-order chi connectivity index (χ1) is 10.2. The van der Waals surface area contributed by atoms with Crippen molar-refractivity contribution in [2.24, 2.45) is 15.7 Å². The molecule has 1 heterocycles. The van der Waals surface area contributed by atoms with Crippen molar-refractivity contribution in [1.82, 2.24) is 0 Å². The standard InChI is InChI=1S/C16H17N5/c17-14-9-5-4-8-13(14)16(10-19-15(18)20-11-16)21-12-6-2-1-3-7-12/h1-10,21H,11,17H2,(H2,18,20). The molecule has 5 heteroatoms. The topological polar surface area (TPSA) is 88.8 Å². The summed E-state index contributed by atoms with van der Waals surface area (Å²) in [6.45, 7) is 0.450. The first-order valence-electron chi connectivity index (χ1n) is 6.73. The Hall–Kier alpha value is -2.82. The molecule has 1 unspecified atom stereocenters. The van der Waals surface area contributed by atoms with Crippen LogP contribution in [0.1, 0.15) is 5.56 Å². The van der Waals surface area contributed by atoms with Crippen LogP contribution < -0.4 is 16.8 Å². The fraction of sp³-hybridized carbons (Fsp3) is 0.125. The van der Waals surface area contributed by atoms with Gasteiger partial charge in [-0.2, -0.15) is 0 Å². The van der Waals surface area contributed by atoms with Crippen LogP contribution in [0.5, 0.6) is 0 Å². The summed E-state index contributed by atoms with van der Waals surface area (Å²) >= 11 is 0. The minimum atomic E-state index is -0.588. The summed E-state index contributed by atoms with van der Waals surface area (Å²) in [5.41, 5.74) is 13.8. The fourth-order valence-corrected chi connectivity index (χ4v) is 2.44. The maximum Gasteiger partial charge on any atom is 0.215 e. The van der Waals surface area contributed by atoms with E-state index in [9.17, 15) is 0 Å². The molecular weight excluding hydrogens is 262 g/mol. The molecule has 0 amide bonds. The summed E-state index contributed by atoms with van der Waals surface area (Å²) in [6, 6.07) is 17.6. The van der Waals surface area contributed by atoms with Crippen LogP contribution in [0, 0.1) is 0 Å². The van der Waals surface area contributed by atoms with Gasteiger partial charge in [0.1, 0.15) is 5.54 Å². The van der Waals surface area contributed by atoms with Crippen LogP contribution in [0.4, 0.5) is 11.4 Å². The number of hydrogen-bond acceptors (Lipinski definition) is 5. The summed E-state index contributed by atoms with van der Waals surface area (Å²) in [5, 5.41) is 3.48. The Morgan fingerprint density at radius 1 is 0.952 bits per heavy atom. The number of guanidine groups is 1. The number of benzene rings is 2. The van der Waals surface area contributed by atoms with Gasteiger partial charge in [0.05, 0.1) is 6.54 Å². The molecule has 0 radical (unpaired) electrons. The highest BCUT2D eigenvalue weighted by Crippen LogP contribution is 2.31. The normalized spacial score (nSPS) is 20.9. The summed E-state index contributed by atoms with van der Waals surface area (Å²) in [7, 11) is 0. The fourth-order valence-electron chi connectivity index (χ4n) is 2.44. The second kappa shape index (κ2) is 5.28. The van der Waals surface area contributed by atoms with Crippen molar-refractivity contribution in [3.8, 4) is 0 Å². The smallest absolute Gasteiger partial charge is 0.215 e. The first-order valence-corrected chi connectivity index (χ1v) is 6.73. The van der Waals surface area contributed by atoms with E-state index in [0.29, 0.717) is 12.2 Å². The van der Waals surface area contributed by atoms with Crippen molar-refractivity contribution in [2.75, 3.05) is 17.6 Å². The number of para-hydroxylation sites is 2. The number of anilines is 2. The zero-order valence-electron chi connectivity index (χ0n) is 11.5. The molecule has 21 heavy (non-hydrogen) atoms. The molecule has 1 aliphatic heterocycles. The summed E-state index contributed by atoms with van der Waals surface area (Å²) in [6.07, 6.45) is 1.79. The number of aliphatic imine (C=N–C) groups is 2. The highest BCUT2D eigenvalue weighted by molar-refractivity contribution is 5.94. The average Bonchev–Trinajstić information content (AvgIpc) is 2.51. The van der Waals surface area contributed by atoms with Crippen LogP contribution in [-0.4, -0.2) is 18.7 Å². The van der Waals surface area contributed by atoms with Gasteiger partial charge >= 0.3 is 0 Å². The number of nitrogen functional groups attached to an aromatic ring is 1. The molecule has 0 bridgehead atoms. The van der Waals surface area contributed by atoms with E-state index in [0.717, 1.165) is 11.3 Å². The highest BCUT2D eigenvalue weighted by Gasteiger charge is 2.34. The van der Waals surface area contributed by atoms with Gasteiger partial charge in [0.15, 0.2) is 0 Å². The van der Waals surface area contributed by atoms with Gasteiger partial charge in [-0.3, -0.25) is 0 Å². The van der Waals surface area contributed by atoms with Gasteiger partial charge in [0.25, 0.3) is 0 Å². The van der Waals surface area contributed by atoms with E-state index >= 15 is 0 Å². The Kier molecular flexibility index (Phi) is 3.31. The second-order valence-electron chi connectivity index (χ2n) is 4.98. The third kappa shape index (κ3) is 2.58. The molecule has 1 atom stereocenters. The molecule has 2 aromatic carbocycles. The van der Waals surface area contributed by atoms with Crippen LogP contribution in [0.15, 0.2) is 64.6 Å². The molecule has 106 valence electrons. The van der Waals surface area contributed by atoms with Crippen LogP contribution in [0.3, 0.4) is 0 Å². The van der Waals surface area contributed by atoms with Crippen molar-refractivity contribution in [3.63, 3.8) is 0 Å². The average molecular weight is 279 g/mol. The Balaban J connectivity index is 2.05. The van der Waals surface area contributed by atoms with E-state index in [-0.39, 0.29) is 5.96 Å². The van der Waals surface area contributed by atoms with Gasteiger partial charge in [-0.15, -0.1) is 0 Å². The SMILES string of the molecule is NC1=NCC(Nc2ccccc2)(c2ccccc2N)C=N1. The molecule has 0 fully saturated rings. The van der Waals surface area contributed by atoms with E-state index in [1.807, 2.05) is 54.6 Å². The summed E-state index contributed by atoms with van der Waals surface area (Å²) < 4.78 is 0. The lowest BCUT2D eigenvalue weighted by Gasteiger charge is -2.33. The van der Waals surface area contributed by atoms with Crippen LogP contribution in [0.25, 0.3) is 0 Å². The molecule has 5 nitrogen and oxygen atoms in total. The number of rotatable bonds is 3. The predicted molar refractivity (Wildman–Crippen MR) is 87.6 cm³/mol. The maximum absolute atomic E-state index is 6.14. The van der Waals surface area contributed by atoms with Crippen LogP contribution in [-0.2, 0) is 5.54 Å². The van der Waals surface area contributed by atoms with Crippen molar-refractivity contribution in [2.45, 2.75) is 5.54 Å². The lowest BCUT2D eigenvalue weighted by atomic mass is 9.88. The summed E-state index contributed by atoms with van der Waals surface area (Å²) in [5.74, 6) is 0.287. The van der Waals surface area contributed by atoms with Crippen LogP contribution >= 0.6 is 0 Å². The Labute approximate surface area is 123 Å². The molecular formula is C16H17N5. The quantitative estimate of drug-likeness (QED) is 0.750. The van der Waals surface area contributed by atoms with E-state index in [4.69, 9.17) is 11.5 Å². The van der Waals surface area contributed by atoms with Crippen molar-refractivity contribution < 1.29 is 0 Å². The van der Waals surface area contributed by atoms with Crippen molar-refractivity contribution >= 4 is 23.5 Å². The molecule has 0 aliphatic carbocycles. The molecule has 0 saturated heterocycles. The number of nitrogens with zero attached hydrogens (tertiary/aromatic N) is 2. The molecule has 2 aromatic rings. The van der Waals surface area contributed by atoms with Crippen LogP contribution in [0.2, 0.25) is 0 Å². The zero-order valence-corrected chi connectivity index (χ0v) is 11.5. The maximum atomic E-state index is 6.14. The van der Waals surface area contributed by atoms with Gasteiger partial charge in [0.2, 0.25) is 5.96 Å². The van der Waals surface area contributed by atoms with E-state index < -0.39 is 5.54 Å². The van der Waals surface area contributed by atoms with Gasteiger partial charge in [-0.1, -0.05) is 36.4 Å². The minimum Gasteiger partial charge on any atom is -0.398 e. The minimum absolute atomic E-state index is 0.287. The predicted octanol–water partition coefficient (Wildman–Crippen LogP) is 1.98.